The lowest BCUT2D eigenvalue weighted by atomic mass is 10.1. The van der Waals surface area contributed by atoms with Crippen LogP contribution in [0.4, 0.5) is 5.69 Å². The van der Waals surface area contributed by atoms with Crippen LogP contribution in [0.3, 0.4) is 0 Å². The fourth-order valence-corrected chi connectivity index (χ4v) is 6.44. The molecule has 0 amide bonds. The molecule has 0 fully saturated rings. The molecule has 4 rings (SSSR count). The van der Waals surface area contributed by atoms with E-state index in [2.05, 4.69) is 18.7 Å². The van der Waals surface area contributed by atoms with E-state index in [4.69, 9.17) is 20.9 Å². The molecule has 0 aliphatic heterocycles. The first-order valence-electron chi connectivity index (χ1n) is 14.5. The number of imidazole rings is 1. The van der Waals surface area contributed by atoms with Crippen molar-refractivity contribution in [3.8, 4) is 0 Å². The van der Waals surface area contributed by atoms with Crippen molar-refractivity contribution >= 4 is 51.0 Å². The molecule has 12 heteroatoms. The average Bonchev–Trinajstić information content (AvgIpc) is 3.32. The molecular formula is C32H41ClN6O4S. The molecular weight excluding hydrogens is 600 g/mol. The van der Waals surface area contributed by atoms with Crippen molar-refractivity contribution in [2.24, 2.45) is 12.8 Å². The zero-order chi connectivity index (χ0) is 31.1. The van der Waals surface area contributed by atoms with Gasteiger partial charge in [0, 0.05) is 32.1 Å². The highest BCUT2D eigenvalue weighted by Gasteiger charge is 2.26. The van der Waals surface area contributed by atoms with Gasteiger partial charge in [0.15, 0.2) is 0 Å². The van der Waals surface area contributed by atoms with E-state index in [1.54, 1.807) is 6.92 Å². The molecule has 0 spiro atoms. The summed E-state index contributed by atoms with van der Waals surface area (Å²) in [6.07, 6.45) is 1.45. The highest BCUT2D eigenvalue weighted by molar-refractivity contribution is 7.92. The number of nitrogens with one attached hydrogen (secondary N) is 1. The van der Waals surface area contributed by atoms with Gasteiger partial charge in [0.1, 0.15) is 11.7 Å². The Kier molecular flexibility index (Phi) is 11.9. The van der Waals surface area contributed by atoms with Crippen LogP contribution in [-0.2, 0) is 34.6 Å². The van der Waals surface area contributed by atoms with Crippen LogP contribution in [0.5, 0.6) is 0 Å². The average molecular weight is 641 g/mol. The van der Waals surface area contributed by atoms with Gasteiger partial charge in [-0.2, -0.15) is 0 Å². The lowest BCUT2D eigenvalue weighted by molar-refractivity contribution is 0.0526. The van der Waals surface area contributed by atoms with E-state index in [1.165, 1.54) is 28.6 Å². The van der Waals surface area contributed by atoms with E-state index in [0.29, 0.717) is 35.3 Å². The Balaban J connectivity index is 0.00000529. The van der Waals surface area contributed by atoms with Crippen LogP contribution in [-0.4, -0.2) is 67.5 Å². The topological polar surface area (TPSA) is 135 Å². The van der Waals surface area contributed by atoms with Crippen LogP contribution in [0.2, 0.25) is 0 Å². The second-order valence-electron chi connectivity index (χ2n) is 10.2. The van der Waals surface area contributed by atoms with Gasteiger partial charge in [-0.05, 0) is 74.5 Å². The SMILES string of the molecule is CCOC(=O)c1ccc(S(=O)(=O)N(CCN(CC)CC)c2ccc3c(c2)nc(CCc2ccc(C(=N)N)cc2)n3C)cc1.Cl. The van der Waals surface area contributed by atoms with Crippen LogP contribution in [0.1, 0.15) is 48.1 Å². The maximum atomic E-state index is 14.0. The van der Waals surface area contributed by atoms with E-state index in [1.807, 2.05) is 54.1 Å². The number of hydrogen-bond acceptors (Lipinski definition) is 7. The number of aromatic nitrogens is 2. The number of aryl methyl sites for hydroxylation is 3. The van der Waals surface area contributed by atoms with Crippen molar-refractivity contribution in [1.82, 2.24) is 14.5 Å². The maximum Gasteiger partial charge on any atom is 0.338 e. The van der Waals surface area contributed by atoms with Crippen LogP contribution < -0.4 is 10.0 Å². The Morgan fingerprint density at radius 1 is 0.932 bits per heavy atom. The minimum atomic E-state index is -3.95. The fourth-order valence-electron chi connectivity index (χ4n) is 4.99. The number of nitrogens with zero attached hydrogens (tertiary/aromatic N) is 4. The summed E-state index contributed by atoms with van der Waals surface area (Å²) in [7, 11) is -1.99. The summed E-state index contributed by atoms with van der Waals surface area (Å²) in [4.78, 5) is 19.3. The lowest BCUT2D eigenvalue weighted by Gasteiger charge is -2.28. The number of hydrogen-bond donors (Lipinski definition) is 2. The number of carbonyl (C=O) groups is 1. The Labute approximate surface area is 265 Å². The molecule has 0 bridgehead atoms. The molecule has 236 valence electrons. The molecule has 0 aliphatic carbocycles. The number of nitrogens with two attached hydrogens (primary N) is 1. The van der Waals surface area contributed by atoms with Gasteiger partial charge in [-0.3, -0.25) is 9.71 Å². The van der Waals surface area contributed by atoms with Crippen LogP contribution in [0.15, 0.2) is 71.6 Å². The Morgan fingerprint density at radius 2 is 1.57 bits per heavy atom. The lowest BCUT2D eigenvalue weighted by Crippen LogP contribution is -2.38. The molecule has 44 heavy (non-hydrogen) atoms. The van der Waals surface area contributed by atoms with Gasteiger partial charge in [-0.15, -0.1) is 12.4 Å². The van der Waals surface area contributed by atoms with Gasteiger partial charge < -0.3 is 19.9 Å². The first kappa shape index (κ1) is 34.6. The van der Waals surface area contributed by atoms with Gasteiger partial charge in [0.2, 0.25) is 0 Å². The quantitative estimate of drug-likeness (QED) is 0.115. The summed E-state index contributed by atoms with van der Waals surface area (Å²) in [5.41, 5.74) is 9.81. The largest absolute Gasteiger partial charge is 0.462 e. The van der Waals surface area contributed by atoms with Crippen LogP contribution >= 0.6 is 12.4 Å². The zero-order valence-corrected chi connectivity index (χ0v) is 27.2. The first-order valence-corrected chi connectivity index (χ1v) is 15.9. The minimum Gasteiger partial charge on any atom is -0.462 e. The standard InChI is InChI=1S/C32H40N6O4S.ClH/c1-5-37(6-2)20-21-38(43(40,41)27-16-13-25(14-17-27)32(39)42-7-3)26-15-18-29-28(22-26)35-30(36(29)4)19-10-23-8-11-24(12-9-23)31(33)34;/h8-9,11-18,22H,5-7,10,19-21H2,1-4H3,(H3,33,34);1H. The van der Waals surface area contributed by atoms with E-state index >= 15 is 0 Å². The van der Waals surface area contributed by atoms with Gasteiger partial charge >= 0.3 is 5.97 Å². The number of amidine groups is 1. The number of esters is 1. The third-order valence-corrected chi connectivity index (χ3v) is 9.46. The van der Waals surface area contributed by atoms with Gasteiger partial charge in [-0.25, -0.2) is 18.2 Å². The predicted octanol–water partition coefficient (Wildman–Crippen LogP) is 4.78. The number of nitrogen functional groups attached to an aromatic ring is 1. The van der Waals surface area contributed by atoms with E-state index in [-0.39, 0.29) is 36.3 Å². The van der Waals surface area contributed by atoms with E-state index in [0.717, 1.165) is 36.4 Å². The molecule has 0 aliphatic rings. The number of ether oxygens (including phenoxy) is 1. The highest BCUT2D eigenvalue weighted by atomic mass is 35.5. The molecule has 1 heterocycles. The number of carbonyl (C=O) groups excluding carboxylic acids is 1. The van der Waals surface area contributed by atoms with Crippen LogP contribution in [0, 0.1) is 5.41 Å². The molecule has 3 aromatic carbocycles. The molecule has 0 saturated heterocycles. The van der Waals surface area contributed by atoms with Gasteiger partial charge in [0.05, 0.1) is 33.8 Å². The molecule has 0 radical (unpaired) electrons. The Hall–Kier alpha value is -3.93. The smallest absolute Gasteiger partial charge is 0.338 e. The third-order valence-electron chi connectivity index (χ3n) is 7.61. The van der Waals surface area contributed by atoms with Crippen molar-refractivity contribution in [3.63, 3.8) is 0 Å². The molecule has 1 aromatic heterocycles. The van der Waals surface area contributed by atoms with Crippen molar-refractivity contribution in [2.75, 3.05) is 37.1 Å². The van der Waals surface area contributed by atoms with Crippen molar-refractivity contribution < 1.29 is 17.9 Å². The Bertz CT molecular complexity index is 1680. The second-order valence-corrected chi connectivity index (χ2v) is 12.1. The molecule has 3 N–H and O–H groups in total. The fraction of sp³-hybridized carbons (Fsp3) is 0.344. The Morgan fingerprint density at radius 3 is 2.16 bits per heavy atom. The molecule has 0 atom stereocenters. The zero-order valence-electron chi connectivity index (χ0n) is 25.6. The van der Waals surface area contributed by atoms with Gasteiger partial charge in [0.25, 0.3) is 10.0 Å². The predicted molar refractivity (Wildman–Crippen MR) is 178 cm³/mol. The first-order chi connectivity index (χ1) is 20.6. The number of anilines is 1. The summed E-state index contributed by atoms with van der Waals surface area (Å²) in [6, 6.07) is 19.0. The van der Waals surface area contributed by atoms with Crippen molar-refractivity contribution in [3.05, 3.63) is 89.2 Å². The summed E-state index contributed by atoms with van der Waals surface area (Å²) in [5.74, 6) is 0.434. The van der Waals surface area contributed by atoms with E-state index < -0.39 is 16.0 Å². The molecule has 4 aromatic rings. The monoisotopic (exact) mass is 640 g/mol. The third kappa shape index (κ3) is 7.77. The highest BCUT2D eigenvalue weighted by Crippen LogP contribution is 2.28. The number of fused-ring (bicyclic) bond motifs is 1. The van der Waals surface area contributed by atoms with Crippen molar-refractivity contribution in [1.29, 1.82) is 5.41 Å². The second kappa shape index (κ2) is 15.2. The summed E-state index contributed by atoms with van der Waals surface area (Å²) >= 11 is 0. The number of halogens is 1. The van der Waals surface area contributed by atoms with Gasteiger partial charge in [-0.1, -0.05) is 38.1 Å². The number of sulfonamides is 1. The summed E-state index contributed by atoms with van der Waals surface area (Å²) < 4.78 is 36.5. The maximum absolute atomic E-state index is 14.0. The molecule has 0 saturated carbocycles. The van der Waals surface area contributed by atoms with Crippen LogP contribution in [0.25, 0.3) is 11.0 Å². The molecule has 10 nitrogen and oxygen atoms in total. The number of benzene rings is 3. The minimum absolute atomic E-state index is 0. The summed E-state index contributed by atoms with van der Waals surface area (Å²) in [5, 5.41) is 7.58. The normalized spacial score (nSPS) is 11.4. The van der Waals surface area contributed by atoms with E-state index in [9.17, 15) is 13.2 Å². The molecule has 0 unspecified atom stereocenters. The number of likely N-dealkylation sites (N-methyl/N-ethyl adjacent to an activating group) is 1. The number of rotatable bonds is 14. The van der Waals surface area contributed by atoms with Crippen molar-refractivity contribution in [2.45, 2.75) is 38.5 Å². The summed E-state index contributed by atoms with van der Waals surface area (Å²) in [6.45, 7) is 8.49.